The Morgan fingerprint density at radius 3 is 2.55 bits per heavy atom. The van der Waals surface area contributed by atoms with Crippen molar-refractivity contribution in [1.82, 2.24) is 9.97 Å². The van der Waals surface area contributed by atoms with Crippen molar-refractivity contribution >= 4 is 11.6 Å². The van der Waals surface area contributed by atoms with Crippen molar-refractivity contribution in [1.29, 1.82) is 0 Å². The minimum absolute atomic E-state index is 0.217. The average Bonchev–Trinajstić information content (AvgIpc) is 3.31. The molecule has 2 fully saturated rings. The van der Waals surface area contributed by atoms with Crippen LogP contribution in [0.15, 0.2) is 6.07 Å². The van der Waals surface area contributed by atoms with Gasteiger partial charge in [0, 0.05) is 25.1 Å². The number of aliphatic hydroxyl groups is 1. The van der Waals surface area contributed by atoms with Crippen LogP contribution in [0.25, 0.3) is 0 Å². The summed E-state index contributed by atoms with van der Waals surface area (Å²) < 4.78 is 0. The number of rotatable bonds is 4. The third kappa shape index (κ3) is 2.86. The maximum atomic E-state index is 9.67. The molecule has 6 heteroatoms. The van der Waals surface area contributed by atoms with Crippen LogP contribution in [0.4, 0.5) is 11.6 Å². The molecule has 0 radical (unpaired) electrons. The number of nitrogens with zero attached hydrogens (tertiary/aromatic N) is 3. The molecule has 6 nitrogen and oxygen atoms in total. The summed E-state index contributed by atoms with van der Waals surface area (Å²) in [5, 5.41) is 9.67. The van der Waals surface area contributed by atoms with Gasteiger partial charge in [0.25, 0.3) is 0 Å². The maximum absolute atomic E-state index is 9.67. The second-order valence-electron chi connectivity index (χ2n) is 5.95. The number of piperidine rings is 1. The largest absolute Gasteiger partial charge is 0.393 e. The molecule has 110 valence electrons. The van der Waals surface area contributed by atoms with E-state index in [0.717, 1.165) is 37.6 Å². The van der Waals surface area contributed by atoms with Crippen molar-refractivity contribution in [3.63, 3.8) is 0 Å². The summed E-state index contributed by atoms with van der Waals surface area (Å²) in [6.45, 7) is 3.74. The maximum Gasteiger partial charge on any atom is 0.145 e. The van der Waals surface area contributed by atoms with E-state index in [4.69, 9.17) is 10.8 Å². The Kier molecular flexibility index (Phi) is 3.76. The second kappa shape index (κ2) is 5.54. The van der Waals surface area contributed by atoms with E-state index < -0.39 is 0 Å². The molecule has 1 aliphatic heterocycles. The van der Waals surface area contributed by atoms with Gasteiger partial charge in [0.2, 0.25) is 0 Å². The van der Waals surface area contributed by atoms with Crippen LogP contribution in [0.2, 0.25) is 0 Å². The molecule has 4 N–H and O–H groups in total. The third-order valence-electron chi connectivity index (χ3n) is 4.37. The molecule has 0 bridgehead atoms. The Hall–Kier alpha value is -1.40. The van der Waals surface area contributed by atoms with E-state index in [9.17, 15) is 5.11 Å². The number of aliphatic hydroxyl groups excluding tert-OH is 1. The van der Waals surface area contributed by atoms with Gasteiger partial charge in [-0.1, -0.05) is 0 Å². The standard InChI is InChI=1S/C14H23N5O/c1-9(20)10-4-6-19(7-5-10)13-8-12(18-15)16-14(17-13)11-2-3-11/h8-11,20H,2-7,15H2,1H3,(H,16,17,18). The highest BCUT2D eigenvalue weighted by Gasteiger charge is 2.29. The van der Waals surface area contributed by atoms with Crippen molar-refractivity contribution in [3.8, 4) is 0 Å². The first-order valence-electron chi connectivity index (χ1n) is 7.46. The Morgan fingerprint density at radius 1 is 1.30 bits per heavy atom. The molecule has 20 heavy (non-hydrogen) atoms. The third-order valence-corrected chi connectivity index (χ3v) is 4.37. The fourth-order valence-corrected chi connectivity index (χ4v) is 2.82. The van der Waals surface area contributed by atoms with Crippen molar-refractivity contribution in [2.75, 3.05) is 23.4 Å². The quantitative estimate of drug-likeness (QED) is 0.567. The highest BCUT2D eigenvalue weighted by atomic mass is 16.3. The Labute approximate surface area is 119 Å². The molecule has 1 atom stereocenters. The fraction of sp³-hybridized carbons (Fsp3) is 0.714. The van der Waals surface area contributed by atoms with Crippen LogP contribution in [0.1, 0.15) is 44.3 Å². The lowest BCUT2D eigenvalue weighted by Crippen LogP contribution is -2.37. The number of aromatic nitrogens is 2. The molecule has 0 aromatic carbocycles. The zero-order valence-corrected chi connectivity index (χ0v) is 11.9. The molecule has 1 saturated carbocycles. The van der Waals surface area contributed by atoms with E-state index in [-0.39, 0.29) is 6.10 Å². The zero-order valence-electron chi connectivity index (χ0n) is 11.9. The van der Waals surface area contributed by atoms with Gasteiger partial charge >= 0.3 is 0 Å². The van der Waals surface area contributed by atoms with Gasteiger partial charge in [-0.2, -0.15) is 0 Å². The van der Waals surface area contributed by atoms with Gasteiger partial charge in [-0.3, -0.25) is 0 Å². The summed E-state index contributed by atoms with van der Waals surface area (Å²) in [6, 6.07) is 1.91. The number of hydrogen-bond donors (Lipinski definition) is 3. The zero-order chi connectivity index (χ0) is 14.1. The molecule has 2 heterocycles. The second-order valence-corrected chi connectivity index (χ2v) is 5.95. The normalized spacial score (nSPS) is 21.9. The van der Waals surface area contributed by atoms with Crippen LogP contribution in [0, 0.1) is 5.92 Å². The van der Waals surface area contributed by atoms with Crippen LogP contribution in [0.5, 0.6) is 0 Å². The first-order valence-corrected chi connectivity index (χ1v) is 7.46. The lowest BCUT2D eigenvalue weighted by molar-refractivity contribution is 0.110. The van der Waals surface area contributed by atoms with Crippen LogP contribution >= 0.6 is 0 Å². The van der Waals surface area contributed by atoms with Gasteiger partial charge in [0.05, 0.1) is 6.10 Å². The van der Waals surface area contributed by atoms with Crippen molar-refractivity contribution < 1.29 is 5.11 Å². The summed E-state index contributed by atoms with van der Waals surface area (Å²) in [6.07, 6.45) is 4.15. The Morgan fingerprint density at radius 2 is 2.00 bits per heavy atom. The Balaban J connectivity index is 1.75. The van der Waals surface area contributed by atoms with Gasteiger partial charge in [-0.05, 0) is 38.5 Å². The summed E-state index contributed by atoms with van der Waals surface area (Å²) in [7, 11) is 0. The molecule has 1 aromatic rings. The number of hydrogen-bond acceptors (Lipinski definition) is 6. The monoisotopic (exact) mass is 277 g/mol. The van der Waals surface area contributed by atoms with Gasteiger partial charge in [-0.25, -0.2) is 15.8 Å². The summed E-state index contributed by atoms with van der Waals surface area (Å²) in [5.41, 5.74) is 2.64. The average molecular weight is 277 g/mol. The number of nitrogens with one attached hydrogen (secondary N) is 1. The van der Waals surface area contributed by atoms with Crippen LogP contribution in [-0.4, -0.2) is 34.3 Å². The van der Waals surface area contributed by atoms with E-state index in [2.05, 4.69) is 15.3 Å². The highest BCUT2D eigenvalue weighted by molar-refractivity contribution is 5.49. The summed E-state index contributed by atoms with van der Waals surface area (Å²) in [4.78, 5) is 11.4. The number of hydrazine groups is 1. The number of nitrogen functional groups attached to an aromatic ring is 1. The molecule has 3 rings (SSSR count). The Bertz CT molecular complexity index is 467. The van der Waals surface area contributed by atoms with Crippen LogP contribution in [-0.2, 0) is 0 Å². The van der Waals surface area contributed by atoms with Crippen LogP contribution < -0.4 is 16.2 Å². The van der Waals surface area contributed by atoms with Gasteiger partial charge < -0.3 is 15.4 Å². The molecule has 1 unspecified atom stereocenters. The highest BCUT2D eigenvalue weighted by Crippen LogP contribution is 2.39. The van der Waals surface area contributed by atoms with Gasteiger partial charge in [0.1, 0.15) is 17.5 Å². The SMILES string of the molecule is CC(O)C1CCN(c2cc(NN)nc(C3CC3)n2)CC1. The van der Waals surface area contributed by atoms with Crippen molar-refractivity contribution in [2.45, 2.75) is 44.6 Å². The van der Waals surface area contributed by atoms with Gasteiger partial charge in [0.15, 0.2) is 0 Å². The first-order chi connectivity index (χ1) is 9.67. The summed E-state index contributed by atoms with van der Waals surface area (Å²) in [5.74, 6) is 8.98. The van der Waals surface area contributed by atoms with Crippen molar-refractivity contribution in [3.05, 3.63) is 11.9 Å². The van der Waals surface area contributed by atoms with Crippen molar-refractivity contribution in [2.24, 2.45) is 11.8 Å². The lowest BCUT2D eigenvalue weighted by Gasteiger charge is -2.34. The predicted octanol–water partition coefficient (Wildman–Crippen LogP) is 1.24. The molecule has 1 aliphatic carbocycles. The molecule has 1 saturated heterocycles. The van der Waals surface area contributed by atoms with E-state index in [1.807, 2.05) is 13.0 Å². The lowest BCUT2D eigenvalue weighted by atomic mass is 9.92. The summed E-state index contributed by atoms with van der Waals surface area (Å²) >= 11 is 0. The molecule has 0 amide bonds. The fourth-order valence-electron chi connectivity index (χ4n) is 2.82. The van der Waals surface area contributed by atoms with Gasteiger partial charge in [-0.15, -0.1) is 0 Å². The number of nitrogens with two attached hydrogens (primary N) is 1. The molecule has 0 spiro atoms. The van der Waals surface area contributed by atoms with E-state index in [1.165, 1.54) is 12.8 Å². The molecular weight excluding hydrogens is 254 g/mol. The number of anilines is 2. The van der Waals surface area contributed by atoms with E-state index in [1.54, 1.807) is 0 Å². The molecular formula is C14H23N5O. The minimum atomic E-state index is -0.217. The molecule has 1 aromatic heterocycles. The first kappa shape index (κ1) is 13.6. The predicted molar refractivity (Wildman–Crippen MR) is 78.4 cm³/mol. The smallest absolute Gasteiger partial charge is 0.145 e. The van der Waals surface area contributed by atoms with E-state index in [0.29, 0.717) is 17.7 Å². The van der Waals surface area contributed by atoms with E-state index >= 15 is 0 Å². The van der Waals surface area contributed by atoms with Crippen LogP contribution in [0.3, 0.4) is 0 Å². The topological polar surface area (TPSA) is 87.3 Å². The minimum Gasteiger partial charge on any atom is -0.393 e. The molecule has 2 aliphatic rings.